The summed E-state index contributed by atoms with van der Waals surface area (Å²) >= 11 is 5.00. The fraction of sp³-hybridized carbons (Fsp3) is 0. The first-order valence-corrected chi connectivity index (χ1v) is 4.50. The quantitative estimate of drug-likeness (QED) is 0.346. The van der Waals surface area contributed by atoms with Crippen molar-refractivity contribution in [2.24, 2.45) is 0 Å². The van der Waals surface area contributed by atoms with Crippen molar-refractivity contribution >= 4 is 28.4 Å². The van der Waals surface area contributed by atoms with E-state index in [0.717, 1.165) is 0 Å². The molecule has 0 atom stereocenters. The molecule has 0 aromatic carbocycles. The predicted octanol–water partition coefficient (Wildman–Crippen LogP) is -6.53. The van der Waals surface area contributed by atoms with Crippen LogP contribution in [0.4, 0.5) is 0 Å². The Kier molecular flexibility index (Phi) is 65.3. The molecule has 0 amide bonds. The van der Waals surface area contributed by atoms with Crippen molar-refractivity contribution in [3.05, 3.63) is 0 Å². The third-order valence-corrected chi connectivity index (χ3v) is 0. The summed E-state index contributed by atoms with van der Waals surface area (Å²) in [6, 6.07) is 0. The molecule has 4 heavy (non-hydrogen) atoms. The van der Waals surface area contributed by atoms with Crippen molar-refractivity contribution in [2.45, 2.75) is 0 Å². The van der Waals surface area contributed by atoms with Gasteiger partial charge >= 0.3 is 87.5 Å². The fourth-order valence-electron chi connectivity index (χ4n) is 0. The van der Waals surface area contributed by atoms with Crippen LogP contribution in [0.2, 0.25) is 0 Å². The molecule has 0 rings (SSSR count). The summed E-state index contributed by atoms with van der Waals surface area (Å²) in [7, 11) is 0. The average molecular weight is 206 g/mol. The normalized spacial score (nSPS) is 1.50. The molecule has 2 radical (unpaired) electrons. The van der Waals surface area contributed by atoms with Crippen LogP contribution in [0.3, 0.4) is 0 Å². The van der Waals surface area contributed by atoms with Gasteiger partial charge in [-0.3, -0.25) is 0 Å². The summed E-state index contributed by atoms with van der Waals surface area (Å²) in [4.78, 5) is 0. The number of hydrogen-bond donors (Lipinski definition) is 0. The van der Waals surface area contributed by atoms with Crippen molar-refractivity contribution in [3.8, 4) is 0 Å². The van der Waals surface area contributed by atoms with Crippen LogP contribution in [0.1, 0.15) is 2.85 Å². The van der Waals surface area contributed by atoms with Crippen LogP contribution < -0.4 is 59.1 Å². The Balaban J connectivity index is -0.000000000833. The first-order chi connectivity index (χ1) is 1.00. The maximum atomic E-state index is 2.50. The second kappa shape index (κ2) is 16.6. The van der Waals surface area contributed by atoms with Crippen molar-refractivity contribution in [1.82, 2.24) is 0 Å². The maximum absolute atomic E-state index is 2.50. The Morgan fingerprint density at radius 2 is 1.00 bits per heavy atom. The Bertz CT molecular complexity index is 9.51. The van der Waals surface area contributed by atoms with E-state index in [9.17, 15) is 0 Å². The summed E-state index contributed by atoms with van der Waals surface area (Å²) in [6.07, 6.45) is 0. The van der Waals surface area contributed by atoms with Gasteiger partial charge in [-0.15, -0.1) is 0 Å². The van der Waals surface area contributed by atoms with Crippen molar-refractivity contribution in [1.29, 1.82) is 0 Å². The molecule has 0 aliphatic carbocycles. The molecule has 0 saturated carbocycles. The standard InChI is InChI=1S/2Na.Se2.2H/c;;1-2;;/q2*+1;;2*-1. The van der Waals surface area contributed by atoms with Crippen molar-refractivity contribution < 1.29 is 62.0 Å². The van der Waals surface area contributed by atoms with Gasteiger partial charge in [-0.1, -0.05) is 0 Å². The van der Waals surface area contributed by atoms with E-state index in [1.807, 2.05) is 0 Å². The van der Waals surface area contributed by atoms with Crippen molar-refractivity contribution in [2.75, 3.05) is 0 Å². The molecule has 0 N–H and O–H groups in total. The van der Waals surface area contributed by atoms with Crippen LogP contribution in [0.15, 0.2) is 0 Å². The molecule has 4 heteroatoms. The predicted molar refractivity (Wildman–Crippen MR) is 13.7 cm³/mol. The average Bonchev–Trinajstić information content (AvgIpc) is 1.00. The molecule has 16 valence electrons. The van der Waals surface area contributed by atoms with E-state index < -0.39 is 0 Å². The SMILES string of the molecule is [H-].[H-].[Na+].[Na+].[Se][Se]. The monoisotopic (exact) mass is 208 g/mol. The second-order valence-electron chi connectivity index (χ2n) is 0. The summed E-state index contributed by atoms with van der Waals surface area (Å²) < 4.78 is 0. The minimum atomic E-state index is 0. The summed E-state index contributed by atoms with van der Waals surface area (Å²) in [5.41, 5.74) is 0. The Hall–Kier alpha value is 3.04. The van der Waals surface area contributed by atoms with Gasteiger partial charge in [-0.05, 0) is 0 Å². The molecule has 0 unspecified atom stereocenters. The van der Waals surface area contributed by atoms with E-state index in [2.05, 4.69) is 28.4 Å². The molecular formula is H2Na2Se2. The number of rotatable bonds is 0. The molecule has 0 bridgehead atoms. The van der Waals surface area contributed by atoms with Crippen LogP contribution in [0.25, 0.3) is 0 Å². The Morgan fingerprint density at radius 3 is 1.00 bits per heavy atom. The van der Waals surface area contributed by atoms with Crippen molar-refractivity contribution in [3.63, 3.8) is 0 Å². The topological polar surface area (TPSA) is 0 Å². The van der Waals surface area contributed by atoms with Crippen LogP contribution in [0.5, 0.6) is 0 Å². The third kappa shape index (κ3) is 8.90. The van der Waals surface area contributed by atoms with Crippen LogP contribution in [-0.4, -0.2) is 28.4 Å². The zero-order valence-corrected chi connectivity index (χ0v) is 10.2. The molecule has 0 aliphatic heterocycles. The van der Waals surface area contributed by atoms with Gasteiger partial charge in [0.2, 0.25) is 0 Å². The molecule has 0 spiro atoms. The van der Waals surface area contributed by atoms with Gasteiger partial charge in [0, 0.05) is 0 Å². The Morgan fingerprint density at radius 1 is 1.00 bits per heavy atom. The zero-order valence-electron chi connectivity index (χ0n) is 4.82. The van der Waals surface area contributed by atoms with E-state index in [4.69, 9.17) is 0 Å². The molecule has 0 aromatic heterocycles. The first-order valence-electron chi connectivity index (χ1n) is 0.167. The zero-order chi connectivity index (χ0) is 2.00. The summed E-state index contributed by atoms with van der Waals surface area (Å²) in [5, 5.41) is 0. The number of hydrogen-bond acceptors (Lipinski definition) is 0. The molecule has 0 aliphatic rings. The van der Waals surface area contributed by atoms with Gasteiger partial charge in [0.05, 0.1) is 0 Å². The van der Waals surface area contributed by atoms with E-state index in [0.29, 0.717) is 0 Å². The van der Waals surface area contributed by atoms with E-state index in [-0.39, 0.29) is 62.0 Å². The molecular weight excluding hydrogens is 204 g/mol. The molecule has 0 fully saturated rings. The van der Waals surface area contributed by atoms with E-state index >= 15 is 0 Å². The second-order valence-corrected chi connectivity index (χ2v) is 0. The van der Waals surface area contributed by atoms with Gasteiger partial charge < -0.3 is 2.85 Å². The minimum absolute atomic E-state index is 0. The first kappa shape index (κ1) is 15.7. The van der Waals surface area contributed by atoms with Gasteiger partial charge in [-0.25, -0.2) is 0 Å². The summed E-state index contributed by atoms with van der Waals surface area (Å²) in [5.74, 6) is 0. The van der Waals surface area contributed by atoms with Gasteiger partial charge in [0.15, 0.2) is 0 Å². The van der Waals surface area contributed by atoms with Gasteiger partial charge in [0.1, 0.15) is 0 Å². The van der Waals surface area contributed by atoms with Crippen LogP contribution >= 0.6 is 0 Å². The molecule has 0 nitrogen and oxygen atoms in total. The van der Waals surface area contributed by atoms with Crippen LogP contribution in [0, 0.1) is 0 Å². The third-order valence-electron chi connectivity index (χ3n) is 0. The van der Waals surface area contributed by atoms with Gasteiger partial charge in [0.25, 0.3) is 0 Å². The Labute approximate surface area is 88.6 Å². The van der Waals surface area contributed by atoms with E-state index in [1.54, 1.807) is 0 Å². The molecule has 0 saturated heterocycles. The van der Waals surface area contributed by atoms with Gasteiger partial charge in [-0.2, -0.15) is 0 Å². The molecule has 0 heterocycles. The van der Waals surface area contributed by atoms with Crippen LogP contribution in [-0.2, 0) is 0 Å². The van der Waals surface area contributed by atoms with E-state index in [1.165, 1.54) is 0 Å². The summed E-state index contributed by atoms with van der Waals surface area (Å²) in [6.45, 7) is 0. The fourth-order valence-corrected chi connectivity index (χ4v) is 0. The molecule has 0 aromatic rings.